The Morgan fingerprint density at radius 2 is 0.667 bits per heavy atom. The molecule has 0 aromatic rings. The van der Waals surface area contributed by atoms with Gasteiger partial charge in [-0.15, -0.1) is 0 Å². The molecule has 0 radical (unpaired) electrons. The first kappa shape index (κ1) is 31.1. The summed E-state index contributed by atoms with van der Waals surface area (Å²) in [6.45, 7) is 36.8. The molecule has 0 spiro atoms. The summed E-state index contributed by atoms with van der Waals surface area (Å²) < 4.78 is 27.4. The van der Waals surface area contributed by atoms with Crippen LogP contribution in [0, 0.1) is 5.41 Å². The van der Waals surface area contributed by atoms with E-state index in [2.05, 4.69) is 106 Å². The SMILES string of the molecule is CCC(C)(C[Si](C)(O[Si](C)(C)C)O[Si](C)(C)C)C[Si](C)(O[Si](C)(C)C)O[Si](C)(C)C. The summed E-state index contributed by atoms with van der Waals surface area (Å²) in [7, 11) is -11.5. The van der Waals surface area contributed by atoms with E-state index in [9.17, 15) is 0 Å². The van der Waals surface area contributed by atoms with Crippen LogP contribution in [0.4, 0.5) is 0 Å². The Morgan fingerprint density at radius 1 is 0.467 bits per heavy atom. The van der Waals surface area contributed by atoms with Gasteiger partial charge in [0.2, 0.25) is 0 Å². The van der Waals surface area contributed by atoms with E-state index >= 15 is 0 Å². The molecular weight excluding hydrogens is 473 g/mol. The first-order valence-corrected chi connectivity index (χ1v) is 30.3. The smallest absolute Gasteiger partial charge is 0.314 e. The fourth-order valence-corrected chi connectivity index (χ4v) is 31.7. The van der Waals surface area contributed by atoms with Gasteiger partial charge >= 0.3 is 17.1 Å². The summed E-state index contributed by atoms with van der Waals surface area (Å²) in [6.07, 6.45) is 1.09. The van der Waals surface area contributed by atoms with E-state index in [1.54, 1.807) is 0 Å². The third kappa shape index (κ3) is 14.3. The lowest BCUT2D eigenvalue weighted by molar-refractivity contribution is 0.285. The topological polar surface area (TPSA) is 36.9 Å². The lowest BCUT2D eigenvalue weighted by atomic mass is 9.93. The van der Waals surface area contributed by atoms with E-state index in [1.807, 2.05) is 0 Å². The van der Waals surface area contributed by atoms with Crippen LogP contribution in [0.1, 0.15) is 20.3 Å². The van der Waals surface area contributed by atoms with Gasteiger partial charge in [-0.05, 0) is 109 Å². The van der Waals surface area contributed by atoms with E-state index in [0.29, 0.717) is 0 Å². The molecule has 0 aliphatic carbocycles. The van der Waals surface area contributed by atoms with E-state index in [0.717, 1.165) is 18.5 Å². The van der Waals surface area contributed by atoms with Crippen molar-refractivity contribution in [1.29, 1.82) is 0 Å². The van der Waals surface area contributed by atoms with Gasteiger partial charge in [0.15, 0.2) is 33.3 Å². The average Bonchev–Trinajstić information content (AvgIpc) is 2.26. The molecule has 10 heteroatoms. The van der Waals surface area contributed by atoms with Crippen LogP contribution in [0.15, 0.2) is 0 Å². The third-order valence-corrected chi connectivity index (χ3v) is 24.1. The van der Waals surface area contributed by atoms with Gasteiger partial charge in [0, 0.05) is 0 Å². The summed E-state index contributed by atoms with van der Waals surface area (Å²) in [5, 5.41) is 0. The minimum absolute atomic E-state index is 0.0978. The number of hydrogen-bond acceptors (Lipinski definition) is 4. The van der Waals surface area contributed by atoms with E-state index in [-0.39, 0.29) is 5.41 Å². The fraction of sp³-hybridized carbons (Fsp3) is 1.00. The van der Waals surface area contributed by atoms with E-state index in [1.165, 1.54) is 0 Å². The lowest BCUT2D eigenvalue weighted by Gasteiger charge is -2.47. The third-order valence-electron chi connectivity index (χ3n) is 4.44. The molecule has 30 heavy (non-hydrogen) atoms. The molecular formula is C20H54O4Si6. The van der Waals surface area contributed by atoms with Crippen molar-refractivity contribution in [3.63, 3.8) is 0 Å². The molecule has 0 fully saturated rings. The van der Waals surface area contributed by atoms with Gasteiger partial charge in [0.05, 0.1) is 0 Å². The highest BCUT2D eigenvalue weighted by Gasteiger charge is 2.50. The molecule has 0 bridgehead atoms. The maximum Gasteiger partial charge on any atom is 0.314 e. The van der Waals surface area contributed by atoms with Crippen molar-refractivity contribution >= 4 is 50.4 Å². The first-order chi connectivity index (χ1) is 12.8. The van der Waals surface area contributed by atoms with Crippen LogP contribution in [-0.2, 0) is 16.5 Å². The zero-order valence-corrected chi connectivity index (χ0v) is 29.3. The Hall–Kier alpha value is 1.14. The van der Waals surface area contributed by atoms with Gasteiger partial charge in [-0.3, -0.25) is 0 Å². The van der Waals surface area contributed by atoms with Crippen molar-refractivity contribution in [3.8, 4) is 0 Å². The van der Waals surface area contributed by atoms with Crippen LogP contribution >= 0.6 is 0 Å². The molecule has 0 unspecified atom stereocenters. The Bertz CT molecular complexity index is 467. The molecule has 4 nitrogen and oxygen atoms in total. The molecule has 0 aliphatic heterocycles. The van der Waals surface area contributed by atoms with Crippen molar-refractivity contribution in [2.75, 3.05) is 0 Å². The normalized spacial score (nSPS) is 15.6. The molecule has 0 saturated heterocycles. The fourth-order valence-electron chi connectivity index (χ4n) is 4.64. The Kier molecular flexibility index (Phi) is 10.6. The maximum atomic E-state index is 6.86. The van der Waals surface area contributed by atoms with Crippen molar-refractivity contribution in [2.24, 2.45) is 5.41 Å². The average molecular weight is 527 g/mol. The van der Waals surface area contributed by atoms with Crippen molar-refractivity contribution in [1.82, 2.24) is 0 Å². The molecule has 182 valence electrons. The maximum absolute atomic E-state index is 6.86. The van der Waals surface area contributed by atoms with Crippen LogP contribution < -0.4 is 0 Å². The molecule has 0 amide bonds. The van der Waals surface area contributed by atoms with Gasteiger partial charge in [0.1, 0.15) is 0 Å². The van der Waals surface area contributed by atoms with E-state index in [4.69, 9.17) is 16.5 Å². The van der Waals surface area contributed by atoms with Crippen LogP contribution in [0.5, 0.6) is 0 Å². The predicted molar refractivity (Wildman–Crippen MR) is 149 cm³/mol. The summed E-state index contributed by atoms with van der Waals surface area (Å²) in [6, 6.07) is 2.02. The van der Waals surface area contributed by atoms with Crippen LogP contribution in [0.3, 0.4) is 0 Å². The predicted octanol–water partition coefficient (Wildman–Crippen LogP) is 7.95. The van der Waals surface area contributed by atoms with Gasteiger partial charge < -0.3 is 16.5 Å². The zero-order valence-electron chi connectivity index (χ0n) is 23.3. The van der Waals surface area contributed by atoms with Gasteiger partial charge in [-0.25, -0.2) is 0 Å². The highest BCUT2D eigenvalue weighted by molar-refractivity contribution is 6.89. The van der Waals surface area contributed by atoms with Gasteiger partial charge in [-0.1, -0.05) is 20.3 Å². The highest BCUT2D eigenvalue weighted by atomic mass is 28.5. The molecule has 0 saturated carbocycles. The second kappa shape index (κ2) is 10.2. The molecule has 0 aliphatic rings. The summed E-state index contributed by atoms with van der Waals surface area (Å²) >= 11 is 0. The molecule has 0 aromatic carbocycles. The summed E-state index contributed by atoms with van der Waals surface area (Å²) in [4.78, 5) is 0. The Labute approximate surface area is 195 Å². The van der Waals surface area contributed by atoms with Crippen molar-refractivity contribution < 1.29 is 16.5 Å². The monoisotopic (exact) mass is 526 g/mol. The van der Waals surface area contributed by atoms with E-state index < -0.39 is 50.4 Å². The second-order valence-electron chi connectivity index (χ2n) is 13.6. The molecule has 0 N–H and O–H groups in total. The summed E-state index contributed by atoms with van der Waals surface area (Å²) in [5.74, 6) is 0. The Morgan fingerprint density at radius 3 is 0.800 bits per heavy atom. The Balaban J connectivity index is 6.02. The van der Waals surface area contributed by atoms with Crippen molar-refractivity contribution in [3.05, 3.63) is 0 Å². The minimum Gasteiger partial charge on any atom is -0.437 e. The van der Waals surface area contributed by atoms with Crippen LogP contribution in [-0.4, -0.2) is 50.4 Å². The molecule has 0 atom stereocenters. The first-order valence-electron chi connectivity index (χ1n) is 11.6. The lowest BCUT2D eigenvalue weighted by Crippen LogP contribution is -2.57. The second-order valence-corrected chi connectivity index (χ2v) is 39.1. The van der Waals surface area contributed by atoms with Crippen LogP contribution in [0.25, 0.3) is 0 Å². The van der Waals surface area contributed by atoms with Crippen molar-refractivity contribution in [2.45, 2.75) is 124 Å². The highest BCUT2D eigenvalue weighted by Crippen LogP contribution is 2.44. The quantitative estimate of drug-likeness (QED) is 0.228. The summed E-state index contributed by atoms with van der Waals surface area (Å²) in [5.41, 5.74) is 0.0978. The molecule has 0 aromatic heterocycles. The standard InChI is InChI=1S/C20H54O4Si6/c1-17-20(2,18-29(15,21-25(3,4)5)22-26(6,7)8)19-30(16,23-27(9,10)11)24-28(12,13)14/h17-19H2,1-16H3. The minimum atomic E-state index is -2.34. The zero-order chi connectivity index (χ0) is 24.4. The molecule has 0 heterocycles. The van der Waals surface area contributed by atoms with Crippen LogP contribution in [0.2, 0.25) is 104 Å². The van der Waals surface area contributed by atoms with Gasteiger partial charge in [-0.2, -0.15) is 0 Å². The largest absolute Gasteiger partial charge is 0.437 e. The van der Waals surface area contributed by atoms with Gasteiger partial charge in [0.25, 0.3) is 0 Å². The number of hydrogen-bond donors (Lipinski definition) is 0. The molecule has 0 rings (SSSR count). The number of rotatable bonds is 13.